The maximum Gasteiger partial charge on any atom is 0.0614 e. The Morgan fingerprint density at radius 1 is 1.27 bits per heavy atom. The Hall–Kier alpha value is -0.120. The molecule has 0 aromatic carbocycles. The number of rotatable bonds is 5. The van der Waals surface area contributed by atoms with Crippen LogP contribution in [0, 0.1) is 5.92 Å². The average molecular weight is 162 g/mol. The van der Waals surface area contributed by atoms with Crippen molar-refractivity contribution in [2.75, 3.05) is 6.61 Å². The normalized spacial score (nSPS) is 19.4. The monoisotopic (exact) mass is 162 g/mol. The fourth-order valence-electron chi connectivity index (χ4n) is 1.28. The van der Waals surface area contributed by atoms with Gasteiger partial charge in [0.2, 0.25) is 0 Å². The summed E-state index contributed by atoms with van der Waals surface area (Å²) in [6.45, 7) is 3.55. The van der Waals surface area contributed by atoms with Gasteiger partial charge >= 0.3 is 0 Å². The van der Waals surface area contributed by atoms with Crippen molar-refractivity contribution in [1.29, 1.82) is 0 Å². The van der Waals surface area contributed by atoms with Crippen LogP contribution in [0.5, 0.6) is 0 Å². The minimum Gasteiger partial charge on any atom is -0.396 e. The minimum absolute atomic E-state index is 0.0234. The van der Waals surface area contributed by atoms with Crippen molar-refractivity contribution in [2.45, 2.75) is 38.9 Å². The lowest BCUT2D eigenvalue weighted by Crippen LogP contribution is -2.30. The largest absolute Gasteiger partial charge is 0.396 e. The highest BCUT2D eigenvalue weighted by molar-refractivity contribution is 4.71. The smallest absolute Gasteiger partial charge is 0.0614 e. The van der Waals surface area contributed by atoms with Crippen LogP contribution in [0.4, 0.5) is 0 Å². The van der Waals surface area contributed by atoms with Gasteiger partial charge in [-0.2, -0.15) is 0 Å². The fourth-order valence-corrected chi connectivity index (χ4v) is 1.28. The second-order valence-corrected chi connectivity index (χ2v) is 2.89. The Morgan fingerprint density at radius 2 is 1.82 bits per heavy atom. The fraction of sp³-hybridized carbons (Fsp3) is 1.00. The molecule has 0 amide bonds. The molecule has 68 valence electrons. The summed E-state index contributed by atoms with van der Waals surface area (Å²) in [7, 11) is 0. The summed E-state index contributed by atoms with van der Waals surface area (Å²) in [6, 6.07) is 0. The van der Waals surface area contributed by atoms with Gasteiger partial charge in [0.25, 0.3) is 0 Å². The summed E-state index contributed by atoms with van der Waals surface area (Å²) in [5.41, 5.74) is 0. The second kappa shape index (κ2) is 5.52. The minimum atomic E-state index is -0.579. The van der Waals surface area contributed by atoms with Gasteiger partial charge in [0.05, 0.1) is 12.2 Å². The summed E-state index contributed by atoms with van der Waals surface area (Å²) in [5.74, 6) is -0.109. The zero-order valence-corrected chi connectivity index (χ0v) is 7.20. The highest BCUT2D eigenvalue weighted by atomic mass is 16.3. The van der Waals surface area contributed by atoms with E-state index in [-0.39, 0.29) is 12.5 Å². The Kier molecular flexibility index (Phi) is 5.46. The molecule has 3 nitrogen and oxygen atoms in total. The van der Waals surface area contributed by atoms with E-state index in [0.29, 0.717) is 6.42 Å². The predicted octanol–water partition coefficient (Wildman–Crippen LogP) is 0.137. The molecule has 3 atom stereocenters. The zero-order valence-electron chi connectivity index (χ0n) is 7.20. The van der Waals surface area contributed by atoms with Gasteiger partial charge in [-0.15, -0.1) is 0 Å². The first-order chi connectivity index (χ1) is 5.13. The molecule has 0 aromatic heterocycles. The van der Waals surface area contributed by atoms with Crippen LogP contribution in [-0.4, -0.2) is 34.1 Å². The van der Waals surface area contributed by atoms with Crippen molar-refractivity contribution in [1.82, 2.24) is 0 Å². The summed E-state index contributed by atoms with van der Waals surface area (Å²) in [6.07, 6.45) is 0.00829. The molecular weight excluding hydrogens is 144 g/mol. The second-order valence-electron chi connectivity index (χ2n) is 2.89. The SMILES string of the molecule is CCC(C(C)O)C(O)CCO. The first kappa shape index (κ1) is 10.9. The van der Waals surface area contributed by atoms with Crippen LogP contribution in [0.1, 0.15) is 26.7 Å². The molecular formula is C8H18O3. The molecule has 0 heterocycles. The predicted molar refractivity (Wildman–Crippen MR) is 43.2 cm³/mol. The van der Waals surface area contributed by atoms with Crippen molar-refractivity contribution in [3.63, 3.8) is 0 Å². The molecule has 0 spiro atoms. The van der Waals surface area contributed by atoms with Crippen molar-refractivity contribution in [3.05, 3.63) is 0 Å². The van der Waals surface area contributed by atoms with Crippen LogP contribution in [0.25, 0.3) is 0 Å². The van der Waals surface area contributed by atoms with Crippen LogP contribution >= 0.6 is 0 Å². The standard InChI is InChI=1S/C8H18O3/c1-3-7(6(2)10)8(11)4-5-9/h6-11H,3-5H2,1-2H3. The van der Waals surface area contributed by atoms with E-state index in [2.05, 4.69) is 0 Å². The van der Waals surface area contributed by atoms with Crippen LogP contribution in [0.2, 0.25) is 0 Å². The van der Waals surface area contributed by atoms with Crippen molar-refractivity contribution in [2.24, 2.45) is 5.92 Å². The molecule has 0 radical (unpaired) electrons. The molecule has 0 aliphatic carbocycles. The quantitative estimate of drug-likeness (QED) is 0.539. The summed E-state index contributed by atoms with van der Waals surface area (Å²) in [4.78, 5) is 0. The molecule has 0 aromatic rings. The van der Waals surface area contributed by atoms with Crippen molar-refractivity contribution < 1.29 is 15.3 Å². The molecule has 0 aliphatic heterocycles. The third kappa shape index (κ3) is 3.70. The molecule has 3 N–H and O–H groups in total. The van der Waals surface area contributed by atoms with Crippen LogP contribution in [0.3, 0.4) is 0 Å². The lowest BCUT2D eigenvalue weighted by Gasteiger charge is -2.23. The first-order valence-electron chi connectivity index (χ1n) is 4.10. The van der Waals surface area contributed by atoms with E-state index in [4.69, 9.17) is 10.2 Å². The Morgan fingerprint density at radius 3 is 2.09 bits per heavy atom. The summed E-state index contributed by atoms with van der Waals surface area (Å²) in [5, 5.41) is 27.0. The van der Waals surface area contributed by atoms with Gasteiger partial charge in [0, 0.05) is 12.5 Å². The van der Waals surface area contributed by atoms with E-state index in [1.165, 1.54) is 0 Å². The average Bonchev–Trinajstić information content (AvgIpc) is 1.88. The third-order valence-electron chi connectivity index (χ3n) is 2.01. The van der Waals surface area contributed by atoms with Crippen molar-refractivity contribution >= 4 is 0 Å². The lowest BCUT2D eigenvalue weighted by atomic mass is 9.92. The highest BCUT2D eigenvalue weighted by Crippen LogP contribution is 2.15. The number of hydrogen-bond acceptors (Lipinski definition) is 3. The number of aliphatic hydroxyl groups is 3. The van der Waals surface area contributed by atoms with Gasteiger partial charge in [0.1, 0.15) is 0 Å². The molecule has 11 heavy (non-hydrogen) atoms. The molecule has 0 saturated carbocycles. The zero-order chi connectivity index (χ0) is 8.85. The Balaban J connectivity index is 3.81. The molecule has 0 rings (SSSR count). The van der Waals surface area contributed by atoms with Crippen LogP contribution in [0.15, 0.2) is 0 Å². The maximum absolute atomic E-state index is 9.36. The van der Waals surface area contributed by atoms with Gasteiger partial charge in [-0.05, 0) is 19.8 Å². The van der Waals surface area contributed by atoms with Gasteiger partial charge < -0.3 is 15.3 Å². The summed E-state index contributed by atoms with van der Waals surface area (Å²) >= 11 is 0. The molecule has 0 bridgehead atoms. The number of hydrogen-bond donors (Lipinski definition) is 3. The first-order valence-corrected chi connectivity index (χ1v) is 4.10. The van der Waals surface area contributed by atoms with Gasteiger partial charge in [-0.3, -0.25) is 0 Å². The van der Waals surface area contributed by atoms with E-state index in [1.54, 1.807) is 6.92 Å². The van der Waals surface area contributed by atoms with Gasteiger partial charge in [0.15, 0.2) is 0 Å². The van der Waals surface area contributed by atoms with E-state index >= 15 is 0 Å². The molecule has 0 aliphatic rings. The third-order valence-corrected chi connectivity index (χ3v) is 2.01. The van der Waals surface area contributed by atoms with Crippen LogP contribution < -0.4 is 0 Å². The van der Waals surface area contributed by atoms with E-state index < -0.39 is 12.2 Å². The topological polar surface area (TPSA) is 60.7 Å². The van der Waals surface area contributed by atoms with Gasteiger partial charge in [-0.25, -0.2) is 0 Å². The Bertz CT molecular complexity index is 93.3. The molecule has 0 saturated heterocycles. The molecule has 0 fully saturated rings. The lowest BCUT2D eigenvalue weighted by molar-refractivity contribution is 0.00743. The molecule has 3 unspecified atom stereocenters. The van der Waals surface area contributed by atoms with E-state index in [9.17, 15) is 5.11 Å². The maximum atomic E-state index is 9.36. The number of aliphatic hydroxyl groups excluding tert-OH is 3. The highest BCUT2D eigenvalue weighted by Gasteiger charge is 2.21. The van der Waals surface area contributed by atoms with Gasteiger partial charge in [-0.1, -0.05) is 6.92 Å². The van der Waals surface area contributed by atoms with Crippen molar-refractivity contribution in [3.8, 4) is 0 Å². The Labute approximate surface area is 67.7 Å². The van der Waals surface area contributed by atoms with E-state index in [0.717, 1.165) is 6.42 Å². The van der Waals surface area contributed by atoms with Crippen LogP contribution in [-0.2, 0) is 0 Å². The van der Waals surface area contributed by atoms with E-state index in [1.807, 2.05) is 6.92 Å². The molecule has 3 heteroatoms. The summed E-state index contributed by atoms with van der Waals surface area (Å²) < 4.78 is 0.